The minimum absolute atomic E-state index is 0.0530. The van der Waals surface area contributed by atoms with Gasteiger partial charge < -0.3 is 14.2 Å². The van der Waals surface area contributed by atoms with Gasteiger partial charge in [-0.15, -0.1) is 0 Å². The molecule has 3 aromatic rings. The fourth-order valence-electron chi connectivity index (χ4n) is 2.64. The van der Waals surface area contributed by atoms with Crippen LogP contribution in [0.1, 0.15) is 21.6 Å². The number of carbonyl (C=O) groups excluding carboxylic acids is 1. The van der Waals surface area contributed by atoms with Gasteiger partial charge in [0.05, 0.1) is 19.9 Å². The lowest BCUT2D eigenvalue weighted by molar-refractivity contribution is -0.141. The van der Waals surface area contributed by atoms with Crippen LogP contribution >= 0.6 is 0 Å². The molecular formula is C20H17F3N2O4. The molecule has 0 aliphatic heterocycles. The lowest BCUT2D eigenvalue weighted by Gasteiger charge is -2.13. The predicted octanol–water partition coefficient (Wildman–Crippen LogP) is 4.44. The van der Waals surface area contributed by atoms with Crippen LogP contribution in [0.4, 0.5) is 13.2 Å². The molecule has 29 heavy (non-hydrogen) atoms. The number of hydrogen-bond donors (Lipinski definition) is 0. The van der Waals surface area contributed by atoms with Crippen molar-refractivity contribution in [1.29, 1.82) is 0 Å². The molecular weight excluding hydrogens is 389 g/mol. The Hall–Kier alpha value is -3.49. The normalized spacial score (nSPS) is 11.2. The van der Waals surface area contributed by atoms with Crippen LogP contribution in [0, 0.1) is 6.92 Å². The van der Waals surface area contributed by atoms with Crippen LogP contribution in [0.3, 0.4) is 0 Å². The number of halogens is 3. The first kappa shape index (κ1) is 20.2. The van der Waals surface area contributed by atoms with Gasteiger partial charge in [0.2, 0.25) is 5.88 Å². The summed E-state index contributed by atoms with van der Waals surface area (Å²) in [6, 6.07) is 11.9. The average Bonchev–Trinajstić information content (AvgIpc) is 3.12. The summed E-state index contributed by atoms with van der Waals surface area (Å²) in [5.74, 6) is -1.01. The lowest BCUT2D eigenvalue weighted by atomic mass is 10.2. The van der Waals surface area contributed by atoms with Gasteiger partial charge in [0.1, 0.15) is 17.1 Å². The third-order valence-electron chi connectivity index (χ3n) is 4.07. The second kappa shape index (κ2) is 7.86. The number of hydrogen-bond acceptors (Lipinski definition) is 5. The van der Waals surface area contributed by atoms with Crippen LogP contribution in [0.25, 0.3) is 5.69 Å². The average molecular weight is 406 g/mol. The molecule has 0 saturated carbocycles. The van der Waals surface area contributed by atoms with Crippen LogP contribution in [-0.2, 0) is 6.18 Å². The third-order valence-corrected chi connectivity index (χ3v) is 4.07. The van der Waals surface area contributed by atoms with Crippen molar-refractivity contribution in [2.75, 3.05) is 14.2 Å². The topological polar surface area (TPSA) is 62.6 Å². The van der Waals surface area contributed by atoms with Gasteiger partial charge in [0.25, 0.3) is 0 Å². The molecule has 2 aromatic carbocycles. The summed E-state index contributed by atoms with van der Waals surface area (Å²) in [4.78, 5) is 12.8. The fraction of sp³-hybridized carbons (Fsp3) is 0.200. The molecule has 0 aliphatic rings. The maximum Gasteiger partial charge on any atom is 0.435 e. The Balaban J connectivity index is 2.06. The Labute approximate surface area is 164 Å². The third kappa shape index (κ3) is 4.18. The molecule has 152 valence electrons. The molecule has 6 nitrogen and oxygen atoms in total. The van der Waals surface area contributed by atoms with Crippen LogP contribution in [-0.4, -0.2) is 30.0 Å². The minimum Gasteiger partial charge on any atom is -0.496 e. The van der Waals surface area contributed by atoms with Gasteiger partial charge in [-0.1, -0.05) is 23.8 Å². The summed E-state index contributed by atoms with van der Waals surface area (Å²) in [6.07, 6.45) is -4.71. The van der Waals surface area contributed by atoms with E-state index in [1.165, 1.54) is 26.4 Å². The van der Waals surface area contributed by atoms with Crippen molar-refractivity contribution < 1.29 is 32.2 Å². The molecule has 0 fully saturated rings. The summed E-state index contributed by atoms with van der Waals surface area (Å²) in [5.41, 5.74) is -0.0225. The zero-order chi connectivity index (χ0) is 21.2. The van der Waals surface area contributed by atoms with E-state index in [9.17, 15) is 18.0 Å². The van der Waals surface area contributed by atoms with E-state index in [4.69, 9.17) is 14.2 Å². The first-order valence-corrected chi connectivity index (χ1v) is 8.42. The van der Waals surface area contributed by atoms with E-state index in [1.54, 1.807) is 30.3 Å². The SMILES string of the molecule is COc1cccc(OC)c1C(=O)Oc1cc(C(F)(F)F)nn1-c1ccc(C)cc1. The quantitative estimate of drug-likeness (QED) is 0.587. The van der Waals surface area contributed by atoms with E-state index >= 15 is 0 Å². The van der Waals surface area contributed by atoms with Gasteiger partial charge in [0.15, 0.2) is 5.69 Å². The molecule has 0 unspecified atom stereocenters. The number of nitrogens with zero attached hydrogens (tertiary/aromatic N) is 2. The Morgan fingerprint density at radius 2 is 1.59 bits per heavy atom. The lowest BCUT2D eigenvalue weighted by Crippen LogP contribution is -2.14. The Morgan fingerprint density at radius 1 is 1.00 bits per heavy atom. The highest BCUT2D eigenvalue weighted by atomic mass is 19.4. The number of aryl methyl sites for hydroxylation is 1. The number of benzene rings is 2. The van der Waals surface area contributed by atoms with E-state index in [1.807, 2.05) is 6.92 Å². The number of rotatable bonds is 5. The van der Waals surface area contributed by atoms with Crippen LogP contribution < -0.4 is 14.2 Å². The number of ether oxygens (including phenoxy) is 3. The number of aromatic nitrogens is 2. The molecule has 1 heterocycles. The number of esters is 1. The largest absolute Gasteiger partial charge is 0.496 e. The van der Waals surface area contributed by atoms with E-state index in [0.29, 0.717) is 11.8 Å². The van der Waals surface area contributed by atoms with E-state index in [0.717, 1.165) is 10.2 Å². The van der Waals surface area contributed by atoms with Gasteiger partial charge in [-0.25, -0.2) is 9.48 Å². The van der Waals surface area contributed by atoms with Crippen molar-refractivity contribution >= 4 is 5.97 Å². The fourth-order valence-corrected chi connectivity index (χ4v) is 2.64. The molecule has 0 aliphatic carbocycles. The standard InChI is InChI=1S/C20H17F3N2O4/c1-12-7-9-13(10-8-12)25-17(11-16(24-25)20(21,22)23)29-19(26)18-14(27-2)5-4-6-15(18)28-3/h4-11H,1-3H3. The number of alkyl halides is 3. The Bertz CT molecular complexity index is 1000. The van der Waals surface area contributed by atoms with Crippen molar-refractivity contribution in [3.8, 4) is 23.1 Å². The first-order valence-electron chi connectivity index (χ1n) is 8.42. The maximum atomic E-state index is 13.2. The van der Waals surface area contributed by atoms with Gasteiger partial charge in [-0.2, -0.15) is 18.3 Å². The molecule has 0 N–H and O–H groups in total. The van der Waals surface area contributed by atoms with Crippen molar-refractivity contribution in [2.24, 2.45) is 0 Å². The molecule has 0 amide bonds. The molecule has 0 spiro atoms. The number of methoxy groups -OCH3 is 2. The van der Waals surface area contributed by atoms with Crippen LogP contribution in [0.5, 0.6) is 17.4 Å². The van der Waals surface area contributed by atoms with E-state index in [-0.39, 0.29) is 22.9 Å². The highest BCUT2D eigenvalue weighted by molar-refractivity contribution is 5.97. The Morgan fingerprint density at radius 3 is 2.10 bits per heavy atom. The second-order valence-electron chi connectivity index (χ2n) is 6.04. The monoisotopic (exact) mass is 406 g/mol. The maximum absolute atomic E-state index is 13.2. The summed E-state index contributed by atoms with van der Waals surface area (Å²) >= 11 is 0. The number of carbonyl (C=O) groups is 1. The molecule has 0 saturated heterocycles. The van der Waals surface area contributed by atoms with Crippen molar-refractivity contribution in [3.05, 3.63) is 65.4 Å². The van der Waals surface area contributed by atoms with Crippen molar-refractivity contribution in [3.63, 3.8) is 0 Å². The van der Waals surface area contributed by atoms with Gasteiger partial charge in [0, 0.05) is 6.07 Å². The molecule has 1 aromatic heterocycles. The molecule has 0 bridgehead atoms. The highest BCUT2D eigenvalue weighted by Crippen LogP contribution is 2.34. The van der Waals surface area contributed by atoms with Crippen LogP contribution in [0.15, 0.2) is 48.5 Å². The van der Waals surface area contributed by atoms with Crippen LogP contribution in [0.2, 0.25) is 0 Å². The van der Waals surface area contributed by atoms with Crippen molar-refractivity contribution in [1.82, 2.24) is 9.78 Å². The highest BCUT2D eigenvalue weighted by Gasteiger charge is 2.36. The molecule has 9 heteroatoms. The zero-order valence-corrected chi connectivity index (χ0v) is 15.8. The summed E-state index contributed by atoms with van der Waals surface area (Å²) in [7, 11) is 2.70. The van der Waals surface area contributed by atoms with Crippen molar-refractivity contribution in [2.45, 2.75) is 13.1 Å². The summed E-state index contributed by atoms with van der Waals surface area (Å²) in [6.45, 7) is 1.84. The zero-order valence-electron chi connectivity index (χ0n) is 15.8. The van der Waals surface area contributed by atoms with E-state index in [2.05, 4.69) is 5.10 Å². The summed E-state index contributed by atoms with van der Waals surface area (Å²) < 4.78 is 56.1. The molecule has 0 atom stereocenters. The second-order valence-corrected chi connectivity index (χ2v) is 6.04. The first-order chi connectivity index (χ1) is 13.7. The van der Waals surface area contributed by atoms with Gasteiger partial charge in [-0.05, 0) is 31.2 Å². The minimum atomic E-state index is -4.71. The molecule has 0 radical (unpaired) electrons. The molecule has 3 rings (SSSR count). The smallest absolute Gasteiger partial charge is 0.435 e. The van der Waals surface area contributed by atoms with E-state index < -0.39 is 17.8 Å². The van der Waals surface area contributed by atoms with Gasteiger partial charge >= 0.3 is 12.1 Å². The van der Waals surface area contributed by atoms with Gasteiger partial charge in [-0.3, -0.25) is 0 Å². The summed E-state index contributed by atoms with van der Waals surface area (Å²) in [5, 5.41) is 3.57. The Kier molecular flexibility index (Phi) is 5.49. The predicted molar refractivity (Wildman–Crippen MR) is 97.8 cm³/mol.